The fourth-order valence-corrected chi connectivity index (χ4v) is 3.50. The number of carboxylic acids is 1. The van der Waals surface area contributed by atoms with E-state index in [-0.39, 0.29) is 29.1 Å². The number of carbonyl (C=O) groups is 2. The van der Waals surface area contributed by atoms with Gasteiger partial charge in [0.1, 0.15) is 29.2 Å². The predicted molar refractivity (Wildman–Crippen MR) is 101 cm³/mol. The van der Waals surface area contributed by atoms with E-state index in [2.05, 4.69) is 4.99 Å². The van der Waals surface area contributed by atoms with Crippen molar-refractivity contribution in [2.45, 2.75) is 31.3 Å². The average molecular weight is 385 g/mol. The maximum Gasteiger partial charge on any atom is 0.522 e. The summed E-state index contributed by atoms with van der Waals surface area (Å²) in [5.74, 6) is -1.13. The number of nitrogens with zero attached hydrogens (tertiary/aromatic N) is 2. The van der Waals surface area contributed by atoms with Crippen LogP contribution in [0.5, 0.6) is 11.5 Å². The van der Waals surface area contributed by atoms with E-state index < -0.39 is 19.1 Å². The van der Waals surface area contributed by atoms with Crippen molar-refractivity contribution in [3.05, 3.63) is 35.0 Å². The maximum atomic E-state index is 12.4. The van der Waals surface area contributed by atoms with Crippen LogP contribution in [0, 0.1) is 0 Å². The highest BCUT2D eigenvalue weighted by Gasteiger charge is 2.37. The molecule has 10 heteroatoms. The zero-order chi connectivity index (χ0) is 19.8. The standard InChI is InChI=1S/C18H20BN3O6/c20-15(12-2-1-7-21-12)17(23)22-8-11(9-22)27-13-4-3-10-5-6-19(26)28-16(10)14(13)18(24)25/h2-4,7,11,15,26H,1,5-6,8-9,20H2,(H,24,25)/t15-/m0/s1. The lowest BCUT2D eigenvalue weighted by Gasteiger charge is -2.40. The Kier molecular flexibility index (Phi) is 4.82. The van der Waals surface area contributed by atoms with Gasteiger partial charge in [0.2, 0.25) is 5.91 Å². The lowest BCUT2D eigenvalue weighted by Crippen LogP contribution is -2.60. The van der Waals surface area contributed by atoms with Gasteiger partial charge in [0.25, 0.3) is 0 Å². The van der Waals surface area contributed by atoms with Crippen LogP contribution in [0.15, 0.2) is 28.9 Å². The van der Waals surface area contributed by atoms with Crippen molar-refractivity contribution in [3.63, 3.8) is 0 Å². The highest BCUT2D eigenvalue weighted by Crippen LogP contribution is 2.37. The number of amides is 1. The zero-order valence-electron chi connectivity index (χ0n) is 15.1. The molecule has 1 amide bonds. The molecule has 0 aromatic heterocycles. The summed E-state index contributed by atoms with van der Waals surface area (Å²) in [4.78, 5) is 29.8. The fourth-order valence-electron chi connectivity index (χ4n) is 3.50. The van der Waals surface area contributed by atoms with Gasteiger partial charge < -0.3 is 30.2 Å². The van der Waals surface area contributed by atoms with Crippen molar-refractivity contribution in [2.24, 2.45) is 10.7 Å². The first-order valence-electron chi connectivity index (χ1n) is 9.11. The van der Waals surface area contributed by atoms with Crippen LogP contribution in [0.1, 0.15) is 22.3 Å². The number of hydrogen-bond acceptors (Lipinski definition) is 7. The Morgan fingerprint density at radius 3 is 2.86 bits per heavy atom. The minimum Gasteiger partial charge on any atom is -0.535 e. The Hall–Kier alpha value is -2.85. The molecule has 0 bridgehead atoms. The summed E-state index contributed by atoms with van der Waals surface area (Å²) < 4.78 is 11.1. The quantitative estimate of drug-likeness (QED) is 0.611. The number of fused-ring (bicyclic) bond motifs is 1. The minimum absolute atomic E-state index is 0.108. The second-order valence-electron chi connectivity index (χ2n) is 6.98. The predicted octanol–water partition coefficient (Wildman–Crippen LogP) is 0.0755. The first kappa shape index (κ1) is 18.5. The van der Waals surface area contributed by atoms with Crippen molar-refractivity contribution in [1.82, 2.24) is 4.90 Å². The van der Waals surface area contributed by atoms with E-state index in [1.165, 1.54) is 0 Å². The number of likely N-dealkylation sites (tertiary alicyclic amines) is 1. The Labute approximate surface area is 161 Å². The lowest BCUT2D eigenvalue weighted by atomic mass is 9.78. The third-order valence-corrected chi connectivity index (χ3v) is 5.04. The molecule has 146 valence electrons. The highest BCUT2D eigenvalue weighted by atomic mass is 16.5. The van der Waals surface area contributed by atoms with Crippen LogP contribution in [0.3, 0.4) is 0 Å². The number of nitrogens with two attached hydrogens (primary N) is 1. The van der Waals surface area contributed by atoms with Gasteiger partial charge in [-0.3, -0.25) is 9.79 Å². The van der Waals surface area contributed by atoms with Gasteiger partial charge in [-0.1, -0.05) is 12.1 Å². The number of rotatable bonds is 5. The molecule has 1 fully saturated rings. The molecule has 1 saturated heterocycles. The van der Waals surface area contributed by atoms with Crippen LogP contribution in [0.2, 0.25) is 6.32 Å². The van der Waals surface area contributed by atoms with Gasteiger partial charge in [-0.15, -0.1) is 0 Å². The molecule has 0 saturated carbocycles. The minimum atomic E-state index is -1.19. The monoisotopic (exact) mass is 385 g/mol. The number of aromatic carboxylic acids is 1. The van der Waals surface area contributed by atoms with Crippen molar-refractivity contribution in [1.29, 1.82) is 0 Å². The maximum absolute atomic E-state index is 12.4. The molecule has 9 nitrogen and oxygen atoms in total. The van der Waals surface area contributed by atoms with Crippen LogP contribution in [-0.4, -0.2) is 65.5 Å². The van der Waals surface area contributed by atoms with Gasteiger partial charge in [-0.05, 0) is 24.4 Å². The van der Waals surface area contributed by atoms with Crippen molar-refractivity contribution in [3.8, 4) is 11.5 Å². The number of benzene rings is 1. The Morgan fingerprint density at radius 2 is 2.18 bits per heavy atom. The second kappa shape index (κ2) is 7.29. The molecular weight excluding hydrogens is 365 g/mol. The Morgan fingerprint density at radius 1 is 1.39 bits per heavy atom. The zero-order valence-corrected chi connectivity index (χ0v) is 15.1. The number of hydrogen-bond donors (Lipinski definition) is 3. The van der Waals surface area contributed by atoms with E-state index >= 15 is 0 Å². The lowest BCUT2D eigenvalue weighted by molar-refractivity contribution is -0.140. The average Bonchev–Trinajstić information content (AvgIpc) is 3.17. The van der Waals surface area contributed by atoms with Crippen LogP contribution < -0.4 is 15.1 Å². The van der Waals surface area contributed by atoms with Gasteiger partial charge in [-0.2, -0.15) is 0 Å². The third kappa shape index (κ3) is 3.36. The Balaban J connectivity index is 1.43. The normalized spacial score (nSPS) is 19.4. The molecule has 3 aliphatic rings. The van der Waals surface area contributed by atoms with Gasteiger partial charge >= 0.3 is 13.1 Å². The van der Waals surface area contributed by atoms with Crippen molar-refractivity contribution >= 4 is 25.2 Å². The fraction of sp³-hybridized carbons (Fsp3) is 0.389. The van der Waals surface area contributed by atoms with E-state index in [1.54, 1.807) is 23.2 Å². The highest BCUT2D eigenvalue weighted by molar-refractivity contribution is 6.44. The molecule has 1 aromatic carbocycles. The molecule has 4 N–H and O–H groups in total. The molecule has 3 aliphatic heterocycles. The van der Waals surface area contributed by atoms with Crippen LogP contribution >= 0.6 is 0 Å². The van der Waals surface area contributed by atoms with E-state index in [9.17, 15) is 19.7 Å². The van der Waals surface area contributed by atoms with Gasteiger partial charge in [-0.25, -0.2) is 4.79 Å². The van der Waals surface area contributed by atoms with Crippen molar-refractivity contribution < 1.29 is 29.1 Å². The van der Waals surface area contributed by atoms with E-state index in [4.69, 9.17) is 15.1 Å². The summed E-state index contributed by atoms with van der Waals surface area (Å²) >= 11 is 0. The SMILES string of the molecule is N[C@H](C(=O)N1CC(Oc2ccc3c(c2C(=O)O)OB(O)CC3)C1)C1=CCC=N1. The molecule has 0 unspecified atom stereocenters. The first-order chi connectivity index (χ1) is 13.4. The largest absolute Gasteiger partial charge is 0.535 e. The van der Waals surface area contributed by atoms with Gasteiger partial charge in [0.15, 0.2) is 0 Å². The van der Waals surface area contributed by atoms with Gasteiger partial charge in [0.05, 0.1) is 18.8 Å². The molecule has 1 aromatic rings. The number of aryl methyl sites for hydroxylation is 1. The first-order valence-corrected chi connectivity index (χ1v) is 9.11. The summed E-state index contributed by atoms with van der Waals surface area (Å²) in [7, 11) is -1.04. The molecular formula is C18H20BN3O6. The number of carboxylic acid groups (broad SMARTS) is 1. The second-order valence-corrected chi connectivity index (χ2v) is 6.98. The molecule has 4 rings (SSSR count). The van der Waals surface area contributed by atoms with Crippen LogP contribution in [-0.2, 0) is 11.2 Å². The number of ether oxygens (including phenoxy) is 1. The summed E-state index contributed by atoms with van der Waals surface area (Å²) in [6.45, 7) is 0.617. The summed E-state index contributed by atoms with van der Waals surface area (Å²) in [5, 5.41) is 19.3. The van der Waals surface area contributed by atoms with E-state index in [0.717, 1.165) is 5.56 Å². The Bertz CT molecular complexity index is 880. The summed E-state index contributed by atoms with van der Waals surface area (Å²) in [6, 6.07) is 2.54. The summed E-state index contributed by atoms with van der Waals surface area (Å²) in [6.07, 6.45) is 4.78. The third-order valence-electron chi connectivity index (χ3n) is 5.04. The molecule has 0 aliphatic carbocycles. The van der Waals surface area contributed by atoms with Gasteiger partial charge in [0, 0.05) is 12.6 Å². The van der Waals surface area contributed by atoms with Crippen molar-refractivity contribution in [2.75, 3.05) is 13.1 Å². The molecule has 0 spiro atoms. The molecule has 28 heavy (non-hydrogen) atoms. The molecule has 0 radical (unpaired) electrons. The van der Waals surface area contributed by atoms with Crippen LogP contribution in [0.25, 0.3) is 0 Å². The topological polar surface area (TPSA) is 135 Å². The number of aliphatic imine (C=N–C) groups is 1. The van der Waals surface area contributed by atoms with E-state index in [1.807, 2.05) is 6.08 Å². The molecule has 3 heterocycles. The number of allylic oxidation sites excluding steroid dienone is 1. The van der Waals surface area contributed by atoms with E-state index in [0.29, 0.717) is 37.9 Å². The molecule has 1 atom stereocenters. The van der Waals surface area contributed by atoms with Crippen LogP contribution in [0.4, 0.5) is 0 Å². The smallest absolute Gasteiger partial charge is 0.522 e. The number of carbonyl (C=O) groups excluding carboxylic acids is 1. The summed E-state index contributed by atoms with van der Waals surface area (Å²) in [5.41, 5.74) is 7.13.